The van der Waals surface area contributed by atoms with Crippen LogP contribution in [0.2, 0.25) is 0 Å². The van der Waals surface area contributed by atoms with Gasteiger partial charge in [-0.1, -0.05) is 13.2 Å². The van der Waals surface area contributed by atoms with Gasteiger partial charge in [-0.2, -0.15) is 0 Å². The predicted molar refractivity (Wildman–Crippen MR) is 38.0 cm³/mol. The van der Waals surface area contributed by atoms with Crippen molar-refractivity contribution in [1.29, 1.82) is 0 Å². The van der Waals surface area contributed by atoms with Crippen LogP contribution in [0, 0.1) is 0 Å². The Morgan fingerprint density at radius 1 is 1.56 bits per heavy atom. The minimum atomic E-state index is -1.52. The molecule has 4 heteroatoms. The molecule has 0 aromatic rings. The van der Waals surface area contributed by atoms with Crippen LogP contribution >= 0.6 is 0 Å². The molecule has 9 heavy (non-hydrogen) atoms. The maximum atomic E-state index is 8.38. The van der Waals surface area contributed by atoms with Crippen molar-refractivity contribution in [2.75, 3.05) is 0 Å². The minimum absolute atomic E-state index is 0.148. The Hall–Kier alpha value is -0.865. The summed E-state index contributed by atoms with van der Waals surface area (Å²) >= 11 is 0. The zero-order chi connectivity index (χ0) is 7.28. The molecule has 0 rings (SSSR count). The Morgan fingerprint density at radius 2 is 2.11 bits per heavy atom. The molecule has 0 saturated carbocycles. The second-order valence-corrected chi connectivity index (χ2v) is 1.41. The summed E-state index contributed by atoms with van der Waals surface area (Å²) in [6.45, 7) is 6.58. The van der Waals surface area contributed by atoms with Gasteiger partial charge in [0.15, 0.2) is 0 Å². The van der Waals surface area contributed by atoms with Gasteiger partial charge in [-0.15, -0.1) is 0 Å². The molecule has 0 fully saturated rings. The molecule has 0 aliphatic carbocycles. The van der Waals surface area contributed by atoms with E-state index in [4.69, 9.17) is 10.0 Å². The fourth-order valence-electron chi connectivity index (χ4n) is 0.215. The Balaban J connectivity index is 3.76. The Labute approximate surface area is 54.2 Å². The summed E-state index contributed by atoms with van der Waals surface area (Å²) in [5, 5.41) is 16.8. The summed E-state index contributed by atoms with van der Waals surface area (Å²) in [6, 6.07) is 0. The van der Waals surface area contributed by atoms with Crippen LogP contribution in [0.15, 0.2) is 29.8 Å². The number of allylic oxidation sites excluding steroid dienone is 1. The fourth-order valence-corrected chi connectivity index (χ4v) is 0.215. The lowest BCUT2D eigenvalue weighted by atomic mass is 9.82. The molecule has 3 nitrogen and oxygen atoms in total. The third kappa shape index (κ3) is 3.70. The predicted octanol–water partition coefficient (Wildman–Crippen LogP) is -0.231. The van der Waals surface area contributed by atoms with Crippen molar-refractivity contribution in [3.8, 4) is 0 Å². The highest BCUT2D eigenvalue weighted by Crippen LogP contribution is 1.85. The summed E-state index contributed by atoms with van der Waals surface area (Å²) in [7, 11) is -1.52. The molecule has 0 spiro atoms. The molecule has 0 heterocycles. The van der Waals surface area contributed by atoms with Gasteiger partial charge >= 0.3 is 7.12 Å². The first-order valence-electron chi connectivity index (χ1n) is 2.37. The van der Waals surface area contributed by atoms with Crippen molar-refractivity contribution in [2.45, 2.75) is 0 Å². The quantitative estimate of drug-likeness (QED) is 0.404. The number of aliphatic imine (C=N–C) groups is 1. The van der Waals surface area contributed by atoms with Gasteiger partial charge in [0.1, 0.15) is 0 Å². The summed E-state index contributed by atoms with van der Waals surface area (Å²) in [5.41, 5.74) is 0.148. The van der Waals surface area contributed by atoms with Gasteiger partial charge in [0.2, 0.25) is 0 Å². The van der Waals surface area contributed by atoms with E-state index in [-0.39, 0.29) is 5.47 Å². The SMILES string of the molecule is C=CN=CC(=C)B(O)O. The van der Waals surface area contributed by atoms with E-state index in [9.17, 15) is 0 Å². The van der Waals surface area contributed by atoms with Crippen LogP contribution in [-0.2, 0) is 0 Å². The maximum absolute atomic E-state index is 8.38. The molecule has 0 aliphatic rings. The smallest absolute Gasteiger partial charge is 0.423 e. The van der Waals surface area contributed by atoms with Crippen LogP contribution in [0.3, 0.4) is 0 Å². The molecule has 48 valence electrons. The highest BCUT2D eigenvalue weighted by molar-refractivity contribution is 6.56. The van der Waals surface area contributed by atoms with E-state index in [1.165, 1.54) is 12.4 Å². The van der Waals surface area contributed by atoms with Crippen LogP contribution < -0.4 is 0 Å². The fraction of sp³-hybridized carbons (Fsp3) is 0. The molecule has 0 saturated heterocycles. The van der Waals surface area contributed by atoms with E-state index in [1.54, 1.807) is 0 Å². The summed E-state index contributed by atoms with van der Waals surface area (Å²) < 4.78 is 0. The molecule has 0 atom stereocenters. The molecule has 0 aromatic heterocycles. The van der Waals surface area contributed by atoms with Crippen LogP contribution in [0.25, 0.3) is 0 Å². The number of hydrogen-bond acceptors (Lipinski definition) is 3. The van der Waals surface area contributed by atoms with Gasteiger partial charge in [-0.3, -0.25) is 4.99 Å². The Kier molecular flexibility index (Phi) is 3.67. The molecule has 2 N–H and O–H groups in total. The first kappa shape index (κ1) is 8.13. The molecule has 0 aromatic carbocycles. The zero-order valence-corrected chi connectivity index (χ0v) is 4.99. The van der Waals surface area contributed by atoms with Crippen LogP contribution in [0.1, 0.15) is 0 Å². The molecule has 0 bridgehead atoms. The molecular formula is C5H8BNO2. The number of nitrogens with zero attached hydrogens (tertiary/aromatic N) is 1. The first-order chi connectivity index (χ1) is 4.18. The van der Waals surface area contributed by atoms with E-state index in [2.05, 4.69) is 18.2 Å². The first-order valence-corrected chi connectivity index (χ1v) is 2.37. The summed E-state index contributed by atoms with van der Waals surface area (Å²) in [6.07, 6.45) is 2.52. The van der Waals surface area contributed by atoms with E-state index in [0.29, 0.717) is 0 Å². The van der Waals surface area contributed by atoms with Crippen molar-refractivity contribution >= 4 is 13.3 Å². The third-order valence-electron chi connectivity index (χ3n) is 0.677. The lowest BCUT2D eigenvalue weighted by Gasteiger charge is -1.91. The molecular weight excluding hydrogens is 117 g/mol. The lowest BCUT2D eigenvalue weighted by Crippen LogP contribution is -2.14. The largest absolute Gasteiger partial charge is 0.489 e. The second kappa shape index (κ2) is 4.06. The highest BCUT2D eigenvalue weighted by Gasteiger charge is 2.07. The van der Waals surface area contributed by atoms with Gasteiger partial charge in [0.25, 0.3) is 0 Å². The molecule has 0 amide bonds. The Bertz CT molecular complexity index is 142. The molecule has 0 aliphatic heterocycles. The van der Waals surface area contributed by atoms with E-state index < -0.39 is 7.12 Å². The van der Waals surface area contributed by atoms with Crippen molar-refractivity contribution in [2.24, 2.45) is 4.99 Å². The number of hydrogen-bond donors (Lipinski definition) is 2. The van der Waals surface area contributed by atoms with Crippen LogP contribution in [-0.4, -0.2) is 23.4 Å². The zero-order valence-electron chi connectivity index (χ0n) is 4.99. The van der Waals surface area contributed by atoms with E-state index in [0.717, 1.165) is 0 Å². The van der Waals surface area contributed by atoms with Crippen LogP contribution in [0.5, 0.6) is 0 Å². The van der Waals surface area contributed by atoms with Gasteiger partial charge in [-0.25, -0.2) is 0 Å². The van der Waals surface area contributed by atoms with Crippen molar-refractivity contribution in [1.82, 2.24) is 0 Å². The normalized spacial score (nSPS) is 9.56. The van der Waals surface area contributed by atoms with Crippen molar-refractivity contribution < 1.29 is 10.0 Å². The van der Waals surface area contributed by atoms with Gasteiger partial charge in [0, 0.05) is 12.4 Å². The van der Waals surface area contributed by atoms with Gasteiger partial charge < -0.3 is 10.0 Å². The topological polar surface area (TPSA) is 52.8 Å². The molecule has 0 unspecified atom stereocenters. The maximum Gasteiger partial charge on any atom is 0.489 e. The number of rotatable bonds is 3. The monoisotopic (exact) mass is 125 g/mol. The average molecular weight is 125 g/mol. The average Bonchev–Trinajstić information content (AvgIpc) is 1.82. The van der Waals surface area contributed by atoms with Crippen molar-refractivity contribution in [3.63, 3.8) is 0 Å². The van der Waals surface area contributed by atoms with E-state index >= 15 is 0 Å². The standard InChI is InChI=1S/C5H8BNO2/c1-3-7-4-5(2)6(8)9/h3-4,8-9H,1-2H2. The van der Waals surface area contributed by atoms with E-state index in [1.807, 2.05) is 0 Å². The minimum Gasteiger partial charge on any atom is -0.423 e. The molecule has 0 radical (unpaired) electrons. The van der Waals surface area contributed by atoms with Gasteiger partial charge in [-0.05, 0) is 5.47 Å². The summed E-state index contributed by atoms with van der Waals surface area (Å²) in [5.74, 6) is 0. The third-order valence-corrected chi connectivity index (χ3v) is 0.677. The second-order valence-electron chi connectivity index (χ2n) is 1.41. The van der Waals surface area contributed by atoms with Crippen molar-refractivity contribution in [3.05, 3.63) is 24.8 Å². The lowest BCUT2D eigenvalue weighted by molar-refractivity contribution is 0.422. The summed E-state index contributed by atoms with van der Waals surface area (Å²) in [4.78, 5) is 3.51. The Morgan fingerprint density at radius 3 is 2.44 bits per heavy atom. The highest BCUT2D eigenvalue weighted by atomic mass is 16.4. The van der Waals surface area contributed by atoms with Crippen LogP contribution in [0.4, 0.5) is 0 Å². The van der Waals surface area contributed by atoms with Gasteiger partial charge in [0.05, 0.1) is 0 Å².